The molecule has 0 heterocycles. The number of rotatable bonds is 6. The molecule has 0 bridgehead atoms. The lowest BCUT2D eigenvalue weighted by Gasteiger charge is -2.61. The summed E-state index contributed by atoms with van der Waals surface area (Å²) in [6, 6.07) is 0. The molecule has 4 aliphatic carbocycles. The summed E-state index contributed by atoms with van der Waals surface area (Å²) in [4.78, 5) is 37.4. The summed E-state index contributed by atoms with van der Waals surface area (Å²) in [6.07, 6.45) is -1.05. The molecular weight excluding hydrogens is 468 g/mol. The maximum absolute atomic E-state index is 13.3. The van der Waals surface area contributed by atoms with Gasteiger partial charge >= 0.3 is 0 Å². The number of Topliss-reactive ketones (excluding diaryl/α,β-unsaturated/α-hetero) is 1. The van der Waals surface area contributed by atoms with Crippen LogP contribution in [0.5, 0.6) is 0 Å². The van der Waals surface area contributed by atoms with Crippen LogP contribution in [0.2, 0.25) is 0 Å². The Balaban J connectivity index is 1.70. The monoisotopic (exact) mass is 508 g/mol. The van der Waals surface area contributed by atoms with Crippen LogP contribution in [0.25, 0.3) is 0 Å². The van der Waals surface area contributed by atoms with E-state index < -0.39 is 69.5 Å². The zero-order valence-electron chi connectivity index (χ0n) is 21.5. The van der Waals surface area contributed by atoms with E-state index in [4.69, 9.17) is 0 Å². The van der Waals surface area contributed by atoms with Crippen molar-refractivity contribution >= 4 is 17.9 Å². The summed E-state index contributed by atoms with van der Waals surface area (Å²) < 4.78 is 0. The third-order valence-electron chi connectivity index (χ3n) is 10.4. The van der Waals surface area contributed by atoms with Gasteiger partial charge in [-0.25, -0.2) is 0 Å². The lowest BCUT2D eigenvalue weighted by Crippen LogP contribution is -2.66. The maximum Gasteiger partial charge on any atom is 0.164 e. The molecule has 0 radical (unpaired) electrons. The number of carbonyl (C=O) groups excluding carboxylic acids is 3. The van der Waals surface area contributed by atoms with Crippen LogP contribution >= 0.6 is 0 Å². The first kappa shape index (κ1) is 27.5. The molecular formula is C27H40O9. The molecule has 1 unspecified atom stereocenters. The summed E-state index contributed by atoms with van der Waals surface area (Å²) in [5, 5.41) is 65.8. The molecule has 3 saturated carbocycles. The van der Waals surface area contributed by atoms with Crippen LogP contribution in [0, 0.1) is 28.6 Å². The molecule has 0 saturated heterocycles. The Morgan fingerprint density at radius 3 is 2.36 bits per heavy atom. The van der Waals surface area contributed by atoms with Crippen molar-refractivity contribution < 1.29 is 45.0 Å². The number of hydrogen-bond donors (Lipinski definition) is 6. The first-order valence-corrected chi connectivity index (χ1v) is 12.9. The molecule has 4 rings (SSSR count). The van der Waals surface area contributed by atoms with Crippen LogP contribution in [0.4, 0.5) is 0 Å². The molecule has 9 heteroatoms. The van der Waals surface area contributed by atoms with Crippen molar-refractivity contribution in [1.82, 2.24) is 0 Å². The number of aliphatic hydroxyl groups excluding tert-OH is 3. The summed E-state index contributed by atoms with van der Waals surface area (Å²) in [5.41, 5.74) is -6.79. The quantitative estimate of drug-likeness (QED) is 0.274. The number of aliphatic hydroxyl groups is 6. The van der Waals surface area contributed by atoms with E-state index in [9.17, 15) is 45.0 Å². The second-order valence-electron chi connectivity index (χ2n) is 12.8. The maximum atomic E-state index is 13.3. The van der Waals surface area contributed by atoms with E-state index in [1.54, 1.807) is 6.92 Å². The number of ketones is 2. The van der Waals surface area contributed by atoms with Gasteiger partial charge in [0.15, 0.2) is 17.9 Å². The average Bonchev–Trinajstić information content (AvgIpc) is 3.05. The fourth-order valence-electron chi connectivity index (χ4n) is 8.26. The minimum absolute atomic E-state index is 0.0702. The topological polar surface area (TPSA) is 173 Å². The molecule has 0 aromatic heterocycles. The average molecular weight is 509 g/mol. The van der Waals surface area contributed by atoms with Gasteiger partial charge in [-0.05, 0) is 69.4 Å². The molecule has 36 heavy (non-hydrogen) atoms. The van der Waals surface area contributed by atoms with Gasteiger partial charge in [-0.3, -0.25) is 9.59 Å². The van der Waals surface area contributed by atoms with Gasteiger partial charge in [0.05, 0.1) is 23.9 Å². The van der Waals surface area contributed by atoms with E-state index >= 15 is 0 Å². The predicted molar refractivity (Wildman–Crippen MR) is 127 cm³/mol. The Labute approximate surface area is 211 Å². The van der Waals surface area contributed by atoms with Crippen LogP contribution in [0.1, 0.15) is 72.6 Å². The molecule has 9 nitrogen and oxygen atoms in total. The highest BCUT2D eigenvalue weighted by atomic mass is 16.3. The van der Waals surface area contributed by atoms with Crippen molar-refractivity contribution in [3.05, 3.63) is 11.6 Å². The van der Waals surface area contributed by atoms with E-state index in [1.165, 1.54) is 19.9 Å². The second kappa shape index (κ2) is 8.51. The fourth-order valence-corrected chi connectivity index (χ4v) is 8.26. The second-order valence-corrected chi connectivity index (χ2v) is 12.8. The summed E-state index contributed by atoms with van der Waals surface area (Å²) in [7, 11) is 0. The molecule has 202 valence electrons. The standard InChI is InChI=1S/C27H40O9/c1-23(34,13-28)7-6-21(33)26(4,35)20-5-8-27(36)15-10-16(29)14-9-17(30)18(31)11-24(14,2)22(15)19(32)12-25(20,27)3/h10,13-14,17-20,22,30-32,34-36H,5-9,11-12H2,1-4H3/t14-,17+,18-,19+,20-,22+,23?,24-,25+,26+,27+/m0/s1. The van der Waals surface area contributed by atoms with Gasteiger partial charge in [0, 0.05) is 29.6 Å². The van der Waals surface area contributed by atoms with Gasteiger partial charge in [0.1, 0.15) is 11.2 Å². The van der Waals surface area contributed by atoms with E-state index in [0.29, 0.717) is 11.9 Å². The molecule has 0 spiro atoms. The van der Waals surface area contributed by atoms with Crippen molar-refractivity contribution in [3.63, 3.8) is 0 Å². The Morgan fingerprint density at radius 1 is 1.11 bits per heavy atom. The minimum atomic E-state index is -1.90. The smallest absolute Gasteiger partial charge is 0.164 e. The number of fused-ring (bicyclic) bond motifs is 5. The van der Waals surface area contributed by atoms with E-state index in [-0.39, 0.29) is 50.7 Å². The van der Waals surface area contributed by atoms with E-state index in [1.807, 2.05) is 6.92 Å². The molecule has 0 aliphatic heterocycles. The third-order valence-corrected chi connectivity index (χ3v) is 10.4. The van der Waals surface area contributed by atoms with Gasteiger partial charge in [-0.1, -0.05) is 13.8 Å². The molecule has 4 aliphatic rings. The van der Waals surface area contributed by atoms with Crippen molar-refractivity contribution in [3.8, 4) is 0 Å². The van der Waals surface area contributed by atoms with Gasteiger partial charge in [0.25, 0.3) is 0 Å². The Morgan fingerprint density at radius 2 is 1.75 bits per heavy atom. The highest BCUT2D eigenvalue weighted by molar-refractivity contribution is 5.95. The third kappa shape index (κ3) is 3.77. The zero-order chi connectivity index (χ0) is 27.1. The van der Waals surface area contributed by atoms with Crippen molar-refractivity contribution in [1.29, 1.82) is 0 Å². The number of aldehydes is 1. The highest BCUT2D eigenvalue weighted by Gasteiger charge is 2.71. The molecule has 3 fully saturated rings. The van der Waals surface area contributed by atoms with Gasteiger partial charge in [-0.2, -0.15) is 0 Å². The molecule has 0 amide bonds. The molecule has 0 aromatic rings. The van der Waals surface area contributed by atoms with E-state index in [2.05, 4.69) is 0 Å². The van der Waals surface area contributed by atoms with Gasteiger partial charge < -0.3 is 35.4 Å². The summed E-state index contributed by atoms with van der Waals surface area (Å²) in [6.45, 7) is 6.22. The van der Waals surface area contributed by atoms with Crippen LogP contribution in [0.15, 0.2) is 11.6 Å². The normalized spacial score (nSPS) is 47.5. The molecule has 6 N–H and O–H groups in total. The first-order valence-electron chi connectivity index (χ1n) is 12.9. The minimum Gasteiger partial charge on any atom is -0.392 e. The Kier molecular flexibility index (Phi) is 6.51. The van der Waals surface area contributed by atoms with Crippen molar-refractivity contribution in [2.45, 2.75) is 108 Å². The predicted octanol–water partition coefficient (Wildman–Crippen LogP) is 0.212. The van der Waals surface area contributed by atoms with Crippen LogP contribution in [0.3, 0.4) is 0 Å². The van der Waals surface area contributed by atoms with Crippen LogP contribution < -0.4 is 0 Å². The molecule has 0 aromatic carbocycles. The fraction of sp³-hybridized carbons (Fsp3) is 0.815. The number of allylic oxidation sites excluding steroid dienone is 1. The lowest BCUT2D eigenvalue weighted by molar-refractivity contribution is -0.186. The first-order chi connectivity index (χ1) is 16.4. The van der Waals surface area contributed by atoms with Crippen molar-refractivity contribution in [2.75, 3.05) is 0 Å². The Bertz CT molecular complexity index is 986. The van der Waals surface area contributed by atoms with Gasteiger partial charge in [-0.15, -0.1) is 0 Å². The van der Waals surface area contributed by atoms with Crippen LogP contribution in [-0.2, 0) is 14.4 Å². The lowest BCUT2D eigenvalue weighted by atomic mass is 9.45. The van der Waals surface area contributed by atoms with Gasteiger partial charge in [0.2, 0.25) is 0 Å². The zero-order valence-corrected chi connectivity index (χ0v) is 21.5. The SMILES string of the molecule is CC(O)(C=O)CCC(=O)[C@](C)(O)[C@H]1CC[C@@]2(O)C3=CC(=O)[C@@H]4C[C@@H](O)[C@@H](O)C[C@]4(C)[C@H]3[C@H](O)C[C@]12C. The highest BCUT2D eigenvalue weighted by Crippen LogP contribution is 2.68. The Hall–Kier alpha value is -1.49. The summed E-state index contributed by atoms with van der Waals surface area (Å²) >= 11 is 0. The van der Waals surface area contributed by atoms with E-state index in [0.717, 1.165) is 0 Å². The largest absolute Gasteiger partial charge is 0.392 e. The number of carbonyl (C=O) groups is 3. The summed E-state index contributed by atoms with van der Waals surface area (Å²) in [5.74, 6) is -2.80. The number of hydrogen-bond acceptors (Lipinski definition) is 9. The van der Waals surface area contributed by atoms with Crippen molar-refractivity contribution in [2.24, 2.45) is 28.6 Å². The molecule has 11 atom stereocenters. The van der Waals surface area contributed by atoms with Crippen LogP contribution in [-0.4, -0.2) is 83.6 Å².